The molecular formula is C21H38N8O9. The fourth-order valence-corrected chi connectivity index (χ4v) is 3.14. The minimum Gasteiger partial charge on any atom is -0.481 e. The van der Waals surface area contributed by atoms with Gasteiger partial charge in [-0.05, 0) is 45.1 Å². The third kappa shape index (κ3) is 15.2. The first-order valence-corrected chi connectivity index (χ1v) is 11.9. The van der Waals surface area contributed by atoms with Crippen molar-refractivity contribution in [2.24, 2.45) is 27.9 Å². The van der Waals surface area contributed by atoms with Crippen LogP contribution in [0.1, 0.15) is 51.4 Å². The molecule has 0 fully saturated rings. The molecule has 0 aromatic carbocycles. The van der Waals surface area contributed by atoms with Gasteiger partial charge < -0.3 is 54.2 Å². The summed E-state index contributed by atoms with van der Waals surface area (Å²) >= 11 is 0. The van der Waals surface area contributed by atoms with Gasteiger partial charge >= 0.3 is 17.9 Å². The fourth-order valence-electron chi connectivity index (χ4n) is 3.14. The molecule has 0 spiro atoms. The van der Waals surface area contributed by atoms with Gasteiger partial charge in [-0.1, -0.05) is 0 Å². The highest BCUT2D eigenvalue weighted by molar-refractivity contribution is 5.95. The Kier molecular flexibility index (Phi) is 16.4. The molecule has 216 valence electrons. The number of nitrogens with two attached hydrogens (primary N) is 4. The summed E-state index contributed by atoms with van der Waals surface area (Å²) in [6.07, 6.45) is -0.505. The van der Waals surface area contributed by atoms with Gasteiger partial charge in [-0.3, -0.25) is 29.0 Å². The van der Waals surface area contributed by atoms with E-state index in [9.17, 15) is 39.0 Å². The van der Waals surface area contributed by atoms with Gasteiger partial charge in [-0.2, -0.15) is 0 Å². The Labute approximate surface area is 218 Å². The summed E-state index contributed by atoms with van der Waals surface area (Å²) in [6, 6.07) is -5.66. The molecule has 3 amide bonds. The largest absolute Gasteiger partial charge is 0.481 e. The summed E-state index contributed by atoms with van der Waals surface area (Å²) in [5.74, 6) is -7.20. The van der Waals surface area contributed by atoms with Gasteiger partial charge in [-0.15, -0.1) is 0 Å². The zero-order valence-electron chi connectivity index (χ0n) is 20.9. The van der Waals surface area contributed by atoms with Crippen LogP contribution in [-0.4, -0.2) is 94.2 Å². The highest BCUT2D eigenvalue weighted by Gasteiger charge is 2.31. The van der Waals surface area contributed by atoms with E-state index in [4.69, 9.17) is 28.0 Å². The van der Waals surface area contributed by atoms with E-state index < -0.39 is 79.1 Å². The number of aliphatic imine (C=N–C) groups is 1. The Bertz CT molecular complexity index is 864. The molecule has 14 N–H and O–H groups in total. The molecule has 0 rings (SSSR count). The summed E-state index contributed by atoms with van der Waals surface area (Å²) in [7, 11) is 0. The van der Waals surface area contributed by atoms with Crippen LogP contribution in [0, 0.1) is 0 Å². The molecule has 4 unspecified atom stereocenters. The minimum atomic E-state index is -1.71. The number of carbonyl (C=O) groups is 6. The van der Waals surface area contributed by atoms with Crippen molar-refractivity contribution < 1.29 is 44.1 Å². The first-order chi connectivity index (χ1) is 17.8. The number of amides is 3. The van der Waals surface area contributed by atoms with E-state index in [0.717, 1.165) is 0 Å². The van der Waals surface area contributed by atoms with Crippen molar-refractivity contribution in [3.05, 3.63) is 0 Å². The average molecular weight is 547 g/mol. The van der Waals surface area contributed by atoms with E-state index >= 15 is 0 Å². The predicted octanol–water partition coefficient (Wildman–Crippen LogP) is -3.63. The third-order valence-corrected chi connectivity index (χ3v) is 5.16. The fraction of sp³-hybridized carbons (Fsp3) is 0.667. The number of unbranched alkanes of at least 4 members (excludes halogenated alkanes) is 1. The molecule has 0 saturated heterocycles. The molecule has 0 radical (unpaired) electrons. The molecule has 0 aromatic rings. The number of hydrogen-bond acceptors (Lipinski definition) is 9. The van der Waals surface area contributed by atoms with E-state index in [1.165, 1.54) is 0 Å². The molecule has 17 nitrogen and oxygen atoms in total. The van der Waals surface area contributed by atoms with Crippen LogP contribution in [0.3, 0.4) is 0 Å². The van der Waals surface area contributed by atoms with E-state index in [-0.39, 0.29) is 25.3 Å². The zero-order chi connectivity index (χ0) is 29.3. The van der Waals surface area contributed by atoms with Gasteiger partial charge in [-0.25, -0.2) is 4.79 Å². The second-order valence-electron chi connectivity index (χ2n) is 8.39. The Hall–Kier alpha value is -3.99. The van der Waals surface area contributed by atoms with Crippen LogP contribution in [0.2, 0.25) is 0 Å². The van der Waals surface area contributed by atoms with Crippen molar-refractivity contribution >= 4 is 41.6 Å². The molecule has 0 aromatic heterocycles. The predicted molar refractivity (Wildman–Crippen MR) is 133 cm³/mol. The zero-order valence-corrected chi connectivity index (χ0v) is 20.9. The number of nitrogens with zero attached hydrogens (tertiary/aromatic N) is 1. The molecule has 0 aliphatic heterocycles. The lowest BCUT2D eigenvalue weighted by Crippen LogP contribution is -2.57. The monoisotopic (exact) mass is 546 g/mol. The Morgan fingerprint density at radius 2 is 1.29 bits per heavy atom. The number of aliphatic carboxylic acids is 3. The van der Waals surface area contributed by atoms with Crippen LogP contribution in [-0.2, 0) is 28.8 Å². The van der Waals surface area contributed by atoms with Crippen molar-refractivity contribution in [2.75, 3.05) is 13.1 Å². The number of carbonyl (C=O) groups excluding carboxylic acids is 3. The quantitative estimate of drug-likeness (QED) is 0.0401. The van der Waals surface area contributed by atoms with Crippen LogP contribution in [0.25, 0.3) is 0 Å². The van der Waals surface area contributed by atoms with E-state index in [2.05, 4.69) is 20.9 Å². The van der Waals surface area contributed by atoms with E-state index in [0.29, 0.717) is 25.8 Å². The highest BCUT2D eigenvalue weighted by Crippen LogP contribution is 2.06. The van der Waals surface area contributed by atoms with E-state index in [1.54, 1.807) is 0 Å². The number of guanidine groups is 1. The number of carboxylic acids is 3. The minimum absolute atomic E-state index is 0.0182. The standard InChI is InChI=1S/C21H38N8O9/c22-8-2-1-5-13(20(37)38)28-19(36)14(10-16(32)33)29-18(35)12(6-7-15(30)31)27-17(34)11(23)4-3-9-26-21(24)25/h11-14H,1-10,22-23H2,(H,27,34)(H,28,36)(H,29,35)(H,30,31)(H,32,33)(H,37,38)(H4,24,25,26). The highest BCUT2D eigenvalue weighted by atomic mass is 16.4. The van der Waals surface area contributed by atoms with Crippen molar-refractivity contribution in [2.45, 2.75) is 75.5 Å². The van der Waals surface area contributed by atoms with Crippen molar-refractivity contribution in [1.29, 1.82) is 0 Å². The molecule has 17 heteroatoms. The van der Waals surface area contributed by atoms with Crippen LogP contribution in [0.5, 0.6) is 0 Å². The smallest absolute Gasteiger partial charge is 0.326 e. The maximum Gasteiger partial charge on any atom is 0.326 e. The molecule has 0 aliphatic rings. The second kappa shape index (κ2) is 18.3. The van der Waals surface area contributed by atoms with Gasteiger partial charge in [0.05, 0.1) is 12.5 Å². The first kappa shape index (κ1) is 34.0. The summed E-state index contributed by atoms with van der Waals surface area (Å²) < 4.78 is 0. The summed E-state index contributed by atoms with van der Waals surface area (Å²) in [5.41, 5.74) is 21.6. The maximum absolute atomic E-state index is 12.9. The summed E-state index contributed by atoms with van der Waals surface area (Å²) in [6.45, 7) is 0.503. The van der Waals surface area contributed by atoms with E-state index in [1.807, 2.05) is 0 Å². The summed E-state index contributed by atoms with van der Waals surface area (Å²) in [5, 5.41) is 34.2. The summed E-state index contributed by atoms with van der Waals surface area (Å²) in [4.78, 5) is 75.6. The SMILES string of the molecule is NCCCCC(NC(=O)C(CC(=O)O)NC(=O)C(CCC(=O)O)NC(=O)C(N)CCCN=C(N)N)C(=O)O. The maximum atomic E-state index is 12.9. The van der Waals surface area contributed by atoms with Gasteiger partial charge in [0.2, 0.25) is 17.7 Å². The number of rotatable bonds is 20. The Morgan fingerprint density at radius 3 is 1.82 bits per heavy atom. The number of carboxylic acid groups (broad SMARTS) is 3. The average Bonchev–Trinajstić information content (AvgIpc) is 2.82. The molecule has 0 aliphatic carbocycles. The molecule has 4 atom stereocenters. The molecular weight excluding hydrogens is 508 g/mol. The third-order valence-electron chi connectivity index (χ3n) is 5.16. The molecule has 38 heavy (non-hydrogen) atoms. The van der Waals surface area contributed by atoms with Gasteiger partial charge in [0.25, 0.3) is 0 Å². The van der Waals surface area contributed by atoms with Crippen molar-refractivity contribution in [3.63, 3.8) is 0 Å². The lowest BCUT2D eigenvalue weighted by molar-refractivity contribution is -0.143. The van der Waals surface area contributed by atoms with Gasteiger partial charge in [0.15, 0.2) is 5.96 Å². The molecule has 0 heterocycles. The van der Waals surface area contributed by atoms with Gasteiger partial charge in [0.1, 0.15) is 18.1 Å². The topological polar surface area (TPSA) is 316 Å². The molecule has 0 bridgehead atoms. The van der Waals surface area contributed by atoms with Crippen LogP contribution in [0.4, 0.5) is 0 Å². The lowest BCUT2D eigenvalue weighted by atomic mass is 10.1. The van der Waals surface area contributed by atoms with Crippen LogP contribution < -0.4 is 38.9 Å². The number of hydrogen-bond donors (Lipinski definition) is 10. The molecule has 0 saturated carbocycles. The van der Waals surface area contributed by atoms with Crippen molar-refractivity contribution in [1.82, 2.24) is 16.0 Å². The lowest BCUT2D eigenvalue weighted by Gasteiger charge is -2.24. The van der Waals surface area contributed by atoms with Gasteiger partial charge in [0, 0.05) is 13.0 Å². The van der Waals surface area contributed by atoms with Crippen molar-refractivity contribution in [3.8, 4) is 0 Å². The Morgan fingerprint density at radius 1 is 0.711 bits per heavy atom. The second-order valence-corrected chi connectivity index (χ2v) is 8.39. The Balaban J connectivity index is 5.48. The van der Waals surface area contributed by atoms with Crippen LogP contribution >= 0.6 is 0 Å². The first-order valence-electron chi connectivity index (χ1n) is 11.9. The normalized spacial score (nSPS) is 13.7. The van der Waals surface area contributed by atoms with Crippen LogP contribution in [0.15, 0.2) is 4.99 Å². The number of nitrogens with one attached hydrogen (secondary N) is 3.